The molecule has 110 heavy (non-hydrogen) atoms. The smallest absolute Gasteiger partial charge is 0 e. The second-order valence-corrected chi connectivity index (χ2v) is 73.3. The largest absolute Gasteiger partial charge is 0.545 e. The van der Waals surface area contributed by atoms with E-state index in [-0.39, 0.29) is 32.7 Å². The van der Waals surface area contributed by atoms with Crippen LogP contribution in [0.2, 0.25) is 0 Å². The van der Waals surface area contributed by atoms with E-state index < -0.39 is 0 Å². The van der Waals surface area contributed by atoms with Crippen LogP contribution in [0.25, 0.3) is 0 Å². The summed E-state index contributed by atoms with van der Waals surface area (Å²) in [6.07, 6.45) is 9.88. The van der Waals surface area contributed by atoms with Crippen LogP contribution in [0.15, 0.2) is 0 Å². The van der Waals surface area contributed by atoms with Crippen LogP contribution >= 0.6 is 0 Å². The van der Waals surface area contributed by atoms with Crippen molar-refractivity contribution in [3.63, 3.8) is 0 Å². The van der Waals surface area contributed by atoms with Gasteiger partial charge in [-0.15, -0.1) is 0 Å². The molecule has 0 amide bonds. The molecule has 485 valence electrons. The summed E-state index contributed by atoms with van der Waals surface area (Å²) in [6.45, 7) is 0.750. The molecule has 0 saturated heterocycles. The molecular formula is C108H43OY-. The van der Waals surface area contributed by atoms with Crippen LogP contribution in [0, 0.1) is 568 Å². The summed E-state index contributed by atoms with van der Waals surface area (Å²) >= 11 is 0. The molecular weight excluding hydrogens is 1400 g/mol. The standard InChI is InChI=1S/C107H42.CHO.Y/c1-6-14-22-28-20-12-4-38-5-13-21-29-34-35-31-25-17-10-2-7-15-23-30-24-16-8-3-11-19-27-33-37-36-32-26-18-9(1)39(6)44(14)52(22)58(28)50(20)42(12,38)68-43(13,38)51(21)59(29)64(34)65(35)61(31)55(25)48(17)40(7,10)45(15)53(23)60(30)54(24)46(16)41(8,11)49(19)57(27)63(33)67(37)66(36)62(32)56(26)47(18,39)69(44)74(52)80(58)72(50,68)90-73(51,68)82(59)86(64)87(65)83(61)78(55)70(45,48)75(53)81(60)76(54)71(46,49)79(57)85(63)89(67)88(66)84(62)77(56,69)91(74)94(80,90)104-96(82,90)100(86)101(87)98(83)92(75,78)95(81)93(76,79)99(85)103(89)102(88,97(84,91)104)106(100,104)107(101,103)105(95,98)99;1-2;/h6-37H,1-5H2;1H;/q;-1;/i;1T;. The Balaban J connectivity index is 0.00000109. The SMILES string of the molecule is C1C2C3C4C5C6C7CC89CC%10C%11C%12C%13C%14C%15C%16C%17C%18CC%19C%20C%21C%22C%23C%24C%25CC%26C%27C%28C%29C%30C%31C%32C%33C%34C1C21C32C43C54C65C78C67C%109C%118C%129C%13%10C%14%11C%15%12C%16%13C%17%14C%19%18C%20%15C%21%16C%22%17C%23%18C%24%19C%25%26C%27%20C%28%21C%29%22C%30%23C%31%24C%32%25C%33%26C%341C21C32C43C56C45C87C96C%107C%118C%129C%13%10C%15%14C%16%11C%17%12C%18%13C%19%20C%21%14C%22%15C%23%16C%24%17C%25%18C%261C21C34C23C65C74C85C96C%11%10C%127C%13%14C%158C%169C%17(C%1812)C43C59C768.[3H][C-]=O.[Y]. The summed E-state index contributed by atoms with van der Waals surface area (Å²) in [5.74, 6) is 46.7. The Morgan fingerprint density at radius 2 is 0.291 bits per heavy atom. The third-order valence-electron chi connectivity index (χ3n) is 103. The van der Waals surface area contributed by atoms with Gasteiger partial charge in [0.05, 0.1) is 0 Å². The first kappa shape index (κ1) is 34.8. The van der Waals surface area contributed by atoms with Crippen molar-refractivity contribution >= 4 is 6.77 Å². The summed E-state index contributed by atoms with van der Waals surface area (Å²) in [6, 6.07) is 0. The molecule has 1 nitrogen and oxygen atoms in total. The molecule has 102 atom stereocenters. The van der Waals surface area contributed by atoms with Crippen molar-refractivity contribution in [2.24, 2.45) is 417 Å². The van der Waals surface area contributed by atoms with Crippen molar-refractivity contribution in [1.82, 2.24) is 0 Å². The second-order valence-electron chi connectivity index (χ2n) is 73.3. The quantitative estimate of drug-likeness (QED) is 0.179. The van der Waals surface area contributed by atoms with Crippen LogP contribution in [0.5, 0.6) is 0 Å². The van der Waals surface area contributed by atoms with E-state index in [0.717, 1.165) is 202 Å². The first-order valence-electron chi connectivity index (χ1n) is 54.0. The number of hydrogen-bond acceptors (Lipinski definition) is 1. The van der Waals surface area contributed by atoms with Crippen molar-refractivity contribution in [1.29, 1.82) is 0 Å². The molecule has 0 aliphatic heterocycles. The summed E-state index contributed by atoms with van der Waals surface area (Å²) < 4.78 is 5.40. The zero-order valence-electron chi connectivity index (χ0n) is 59.5. The van der Waals surface area contributed by atoms with Gasteiger partial charge in [0, 0.05) is 32.7 Å². The topological polar surface area (TPSA) is 17.1 Å². The van der Waals surface area contributed by atoms with Crippen molar-refractivity contribution in [2.75, 3.05) is 0 Å². The molecule has 0 aromatic rings. The van der Waals surface area contributed by atoms with Crippen LogP contribution in [-0.4, -0.2) is 6.77 Å². The van der Waals surface area contributed by atoms with Gasteiger partial charge in [-0.3, -0.25) is 6.77 Å². The molecule has 102 unspecified atom stereocenters. The second kappa shape index (κ2) is 4.77. The minimum Gasteiger partial charge on any atom is -0.545 e. The maximum Gasteiger partial charge on any atom is 0 e. The van der Waals surface area contributed by atoms with Gasteiger partial charge in [-0.05, 0) is 601 Å². The van der Waals surface area contributed by atoms with Gasteiger partial charge in [0.1, 0.15) is 0 Å². The number of carbonyl (C=O) groups excluding carboxylic acids is 1. The Hall–Kier alpha value is 0.774. The molecule has 1 radical (unpaired) electrons. The zero-order chi connectivity index (χ0) is 59.7. The van der Waals surface area contributed by atoms with Gasteiger partial charge in [-0.2, -0.15) is 1.37 Å². The molecule has 0 bridgehead atoms. The number of rotatable bonds is 0. The fourth-order valence-corrected chi connectivity index (χ4v) is 138. The summed E-state index contributed by atoms with van der Waals surface area (Å²) in [4.78, 5) is 8.35. The number of fused-ring (bicyclic) bond motifs is 28. The molecule has 87 aliphatic carbocycles. The van der Waals surface area contributed by atoms with Gasteiger partial charge < -0.3 is 4.79 Å². The molecule has 87 saturated carbocycles. The van der Waals surface area contributed by atoms with Crippen molar-refractivity contribution in [3.8, 4) is 0 Å². The van der Waals surface area contributed by atoms with Crippen LogP contribution in [0.4, 0.5) is 0 Å². The van der Waals surface area contributed by atoms with E-state index >= 15 is 0 Å². The van der Waals surface area contributed by atoms with Gasteiger partial charge in [0.15, 0.2) is 0 Å². The molecule has 87 fully saturated rings. The average molecular weight is 1450 g/mol. The van der Waals surface area contributed by atoms with Gasteiger partial charge in [-0.1, -0.05) is 0 Å². The van der Waals surface area contributed by atoms with Crippen LogP contribution in [-0.2, 0) is 37.5 Å². The Kier molecular flexibility index (Phi) is 1.51. The minimum absolute atomic E-state index is 0. The van der Waals surface area contributed by atoms with Crippen molar-refractivity contribution in [3.05, 3.63) is 152 Å². The minimum atomic E-state index is 0. The molecule has 87 rings (SSSR count). The Morgan fingerprint density at radius 3 is 0.491 bits per heavy atom. The third kappa shape index (κ3) is 0.615. The van der Waals surface area contributed by atoms with E-state index in [0.29, 0.717) is 0 Å². The molecule has 2 heteroatoms. The van der Waals surface area contributed by atoms with Crippen LogP contribution < -0.4 is 0 Å². The summed E-state index contributed by atoms with van der Waals surface area (Å²) in [5.41, 5.74) is 81.1. The van der Waals surface area contributed by atoms with E-state index in [1.807, 2.05) is 32.1 Å². The van der Waals surface area contributed by atoms with Gasteiger partial charge in [0.25, 0.3) is 0 Å². The monoisotopic (exact) mass is 1450 g/mol. The third-order valence-corrected chi connectivity index (χ3v) is 103. The Bertz CT molecular complexity index is 9380. The molecule has 0 heterocycles. The van der Waals surface area contributed by atoms with E-state index in [9.17, 15) is 0 Å². The van der Waals surface area contributed by atoms with Crippen LogP contribution in [0.1, 0.15) is 33.5 Å². The maximum atomic E-state index is 8.35. The van der Waals surface area contributed by atoms with Crippen molar-refractivity contribution in [2.45, 2.75) is 32.1 Å². The predicted molar refractivity (Wildman–Crippen MR) is 335 cm³/mol. The maximum absolute atomic E-state index is 8.35. The van der Waals surface area contributed by atoms with Crippen LogP contribution in [0.3, 0.4) is 0 Å². The average Bonchev–Trinajstić information content (AvgIpc) is 0.389. The molecule has 0 N–H and O–H groups in total. The van der Waals surface area contributed by atoms with Crippen molar-refractivity contribution < 1.29 is 38.9 Å². The number of hydrogen-bond donors (Lipinski definition) is 0. The molecule has 0 aromatic carbocycles. The Morgan fingerprint density at radius 1 is 0.164 bits per heavy atom. The Labute approximate surface area is 640 Å². The van der Waals surface area contributed by atoms with Gasteiger partial charge in [0.2, 0.25) is 0 Å². The van der Waals surface area contributed by atoms with Gasteiger partial charge in [-0.25, -0.2) is 0 Å². The first-order chi connectivity index (χ1) is 54.7. The van der Waals surface area contributed by atoms with E-state index in [1.54, 1.807) is 0 Å². The predicted octanol–water partition coefficient (Wildman–Crippen LogP) is 7.89. The van der Waals surface area contributed by atoms with E-state index in [2.05, 4.69) is 0 Å². The summed E-state index contributed by atoms with van der Waals surface area (Å²) in [7, 11) is 0. The van der Waals surface area contributed by atoms with Gasteiger partial charge >= 0.3 is 0 Å². The van der Waals surface area contributed by atoms with E-state index in [4.69, 9.17) is 6.17 Å². The molecule has 0 aromatic heterocycles. The first-order valence-corrected chi connectivity index (χ1v) is 53.5. The fourth-order valence-electron chi connectivity index (χ4n) is 138. The molecule has 87 aliphatic rings. The zero-order valence-corrected chi connectivity index (χ0v) is 61.3. The normalized spacial score (nSPS) is 155. The van der Waals surface area contributed by atoms with E-state index in [1.165, 1.54) is 373 Å². The summed E-state index contributed by atoms with van der Waals surface area (Å²) in [5, 5.41) is 0. The molecule has 70 spiro atoms. The fraction of sp³-hybridized carbons (Fsp3) is 0.991.